The van der Waals surface area contributed by atoms with E-state index in [1.807, 2.05) is 12.1 Å². The summed E-state index contributed by atoms with van der Waals surface area (Å²) in [7, 11) is 0. The van der Waals surface area contributed by atoms with Crippen molar-refractivity contribution in [2.75, 3.05) is 23.4 Å². The van der Waals surface area contributed by atoms with Crippen LogP contribution in [0.15, 0.2) is 34.6 Å². The summed E-state index contributed by atoms with van der Waals surface area (Å²) in [5.74, 6) is 6.55. The van der Waals surface area contributed by atoms with Crippen LogP contribution < -0.4 is 16.2 Å². The Morgan fingerprint density at radius 1 is 1.05 bits per heavy atom. The van der Waals surface area contributed by atoms with Gasteiger partial charge in [0.15, 0.2) is 5.16 Å². The maximum Gasteiger partial charge on any atom is 0.242 e. The van der Waals surface area contributed by atoms with Crippen molar-refractivity contribution in [3.63, 3.8) is 0 Å². The van der Waals surface area contributed by atoms with E-state index in [2.05, 4.69) is 30.3 Å². The SMILES string of the molecule is NNc1nc(Sc2ccncc2)nc(N2CCCCC2)n1. The second-order valence-corrected chi connectivity index (χ2v) is 5.76. The molecule has 0 amide bonds. The molecule has 3 heterocycles. The van der Waals surface area contributed by atoms with Crippen LogP contribution in [0.1, 0.15) is 19.3 Å². The number of anilines is 2. The normalized spacial score (nSPS) is 15.0. The first kappa shape index (κ1) is 14.0. The van der Waals surface area contributed by atoms with Gasteiger partial charge in [-0.05, 0) is 43.2 Å². The lowest BCUT2D eigenvalue weighted by atomic mass is 10.1. The van der Waals surface area contributed by atoms with E-state index in [-0.39, 0.29) is 0 Å². The number of nitrogen functional groups attached to an aromatic ring is 1. The number of pyridine rings is 1. The highest BCUT2D eigenvalue weighted by molar-refractivity contribution is 7.99. The Labute approximate surface area is 127 Å². The van der Waals surface area contributed by atoms with E-state index in [1.165, 1.54) is 31.0 Å². The van der Waals surface area contributed by atoms with Crippen LogP contribution in [0.3, 0.4) is 0 Å². The van der Waals surface area contributed by atoms with Gasteiger partial charge in [-0.1, -0.05) is 0 Å². The molecule has 0 aromatic carbocycles. The van der Waals surface area contributed by atoms with Crippen LogP contribution >= 0.6 is 11.8 Å². The van der Waals surface area contributed by atoms with Gasteiger partial charge in [0.2, 0.25) is 11.9 Å². The second kappa shape index (κ2) is 6.68. The van der Waals surface area contributed by atoms with Gasteiger partial charge in [0.25, 0.3) is 0 Å². The van der Waals surface area contributed by atoms with Crippen LogP contribution in [-0.4, -0.2) is 33.0 Å². The number of hydrogen-bond acceptors (Lipinski definition) is 8. The Balaban J connectivity index is 1.85. The van der Waals surface area contributed by atoms with Crippen LogP contribution in [0, 0.1) is 0 Å². The highest BCUT2D eigenvalue weighted by atomic mass is 32.2. The highest BCUT2D eigenvalue weighted by Gasteiger charge is 2.16. The first-order chi connectivity index (χ1) is 10.3. The van der Waals surface area contributed by atoms with Gasteiger partial charge in [0.1, 0.15) is 0 Å². The van der Waals surface area contributed by atoms with Gasteiger partial charge >= 0.3 is 0 Å². The van der Waals surface area contributed by atoms with Crippen LogP contribution in [0.2, 0.25) is 0 Å². The Hall–Kier alpha value is -1.93. The number of hydrazine groups is 1. The molecule has 2 aromatic rings. The number of aromatic nitrogens is 4. The minimum Gasteiger partial charge on any atom is -0.341 e. The molecule has 1 aliphatic rings. The molecule has 0 aliphatic carbocycles. The monoisotopic (exact) mass is 303 g/mol. The molecule has 7 nitrogen and oxygen atoms in total. The Morgan fingerprint density at radius 3 is 2.52 bits per heavy atom. The lowest BCUT2D eigenvalue weighted by Gasteiger charge is -2.26. The van der Waals surface area contributed by atoms with Crippen molar-refractivity contribution < 1.29 is 0 Å². The molecule has 110 valence electrons. The fraction of sp³-hybridized carbons (Fsp3) is 0.385. The van der Waals surface area contributed by atoms with E-state index < -0.39 is 0 Å². The van der Waals surface area contributed by atoms with Crippen LogP contribution in [0.5, 0.6) is 0 Å². The molecule has 1 aliphatic heterocycles. The molecule has 3 rings (SSSR count). The minimum absolute atomic E-state index is 0.391. The Kier molecular flexibility index (Phi) is 4.46. The summed E-state index contributed by atoms with van der Waals surface area (Å²) >= 11 is 1.47. The van der Waals surface area contributed by atoms with Crippen molar-refractivity contribution in [1.29, 1.82) is 0 Å². The smallest absolute Gasteiger partial charge is 0.242 e. The van der Waals surface area contributed by atoms with Gasteiger partial charge in [-0.15, -0.1) is 0 Å². The molecule has 0 radical (unpaired) electrons. The van der Waals surface area contributed by atoms with Crippen LogP contribution in [0.25, 0.3) is 0 Å². The molecule has 1 fully saturated rings. The van der Waals surface area contributed by atoms with Crippen molar-refractivity contribution in [1.82, 2.24) is 19.9 Å². The second-order valence-electron chi connectivity index (χ2n) is 4.72. The molecular weight excluding hydrogens is 286 g/mol. The Morgan fingerprint density at radius 2 is 1.81 bits per heavy atom. The number of rotatable bonds is 4. The van der Waals surface area contributed by atoms with E-state index in [0.717, 1.165) is 18.0 Å². The summed E-state index contributed by atoms with van der Waals surface area (Å²) < 4.78 is 0. The molecule has 0 saturated carbocycles. The fourth-order valence-electron chi connectivity index (χ4n) is 2.20. The molecule has 0 spiro atoms. The molecule has 21 heavy (non-hydrogen) atoms. The average Bonchev–Trinajstić information content (AvgIpc) is 2.56. The van der Waals surface area contributed by atoms with Crippen molar-refractivity contribution in [2.45, 2.75) is 29.3 Å². The zero-order valence-corrected chi connectivity index (χ0v) is 12.4. The number of nitrogens with one attached hydrogen (secondary N) is 1. The van der Waals surface area contributed by atoms with Gasteiger partial charge in [-0.25, -0.2) is 5.84 Å². The largest absolute Gasteiger partial charge is 0.341 e. The summed E-state index contributed by atoms with van der Waals surface area (Å²) in [6, 6.07) is 3.84. The summed E-state index contributed by atoms with van der Waals surface area (Å²) in [6.07, 6.45) is 7.10. The number of nitrogens with two attached hydrogens (primary N) is 1. The van der Waals surface area contributed by atoms with E-state index in [9.17, 15) is 0 Å². The predicted octanol–water partition coefficient (Wildman–Crippen LogP) is 1.69. The van der Waals surface area contributed by atoms with E-state index in [4.69, 9.17) is 5.84 Å². The topological polar surface area (TPSA) is 92.8 Å². The van der Waals surface area contributed by atoms with E-state index >= 15 is 0 Å². The van der Waals surface area contributed by atoms with Gasteiger partial charge < -0.3 is 4.90 Å². The standard InChI is InChI=1S/C13H17N7S/c14-19-11-16-12(20-8-2-1-3-9-20)18-13(17-11)21-10-4-6-15-7-5-10/h4-7H,1-3,8-9,14H2,(H,16,17,18,19). The minimum atomic E-state index is 0.391. The molecule has 0 bridgehead atoms. The fourth-order valence-corrected chi connectivity index (χ4v) is 2.93. The number of nitrogens with zero attached hydrogens (tertiary/aromatic N) is 5. The van der Waals surface area contributed by atoms with Crippen molar-refractivity contribution in [2.24, 2.45) is 5.84 Å². The lowest BCUT2D eigenvalue weighted by molar-refractivity contribution is 0.565. The van der Waals surface area contributed by atoms with E-state index in [1.54, 1.807) is 12.4 Å². The van der Waals surface area contributed by atoms with Gasteiger partial charge in [0.05, 0.1) is 0 Å². The molecule has 2 aromatic heterocycles. The summed E-state index contributed by atoms with van der Waals surface area (Å²) in [6.45, 7) is 1.96. The third kappa shape index (κ3) is 3.59. The highest BCUT2D eigenvalue weighted by Crippen LogP contribution is 2.26. The summed E-state index contributed by atoms with van der Waals surface area (Å²) in [5.41, 5.74) is 2.52. The maximum atomic E-state index is 5.47. The molecule has 0 atom stereocenters. The summed E-state index contributed by atoms with van der Waals surface area (Å²) in [4.78, 5) is 20.4. The van der Waals surface area contributed by atoms with Crippen molar-refractivity contribution in [3.8, 4) is 0 Å². The van der Waals surface area contributed by atoms with Gasteiger partial charge in [-0.3, -0.25) is 10.4 Å². The summed E-state index contributed by atoms with van der Waals surface area (Å²) in [5, 5.41) is 0.629. The van der Waals surface area contributed by atoms with Crippen LogP contribution in [0.4, 0.5) is 11.9 Å². The third-order valence-electron chi connectivity index (χ3n) is 3.23. The predicted molar refractivity (Wildman–Crippen MR) is 82.1 cm³/mol. The number of hydrogen-bond donors (Lipinski definition) is 2. The molecule has 8 heteroatoms. The quantitative estimate of drug-likeness (QED) is 0.651. The van der Waals surface area contributed by atoms with Crippen LogP contribution in [-0.2, 0) is 0 Å². The first-order valence-electron chi connectivity index (χ1n) is 6.91. The molecule has 0 unspecified atom stereocenters. The third-order valence-corrected chi connectivity index (χ3v) is 4.10. The van der Waals surface area contributed by atoms with Crippen molar-refractivity contribution >= 4 is 23.7 Å². The zero-order chi connectivity index (χ0) is 14.5. The van der Waals surface area contributed by atoms with E-state index in [0.29, 0.717) is 17.1 Å². The maximum absolute atomic E-state index is 5.47. The molecule has 1 saturated heterocycles. The van der Waals surface area contributed by atoms with Gasteiger partial charge in [-0.2, -0.15) is 15.0 Å². The molecule has 3 N–H and O–H groups in total. The molecular formula is C13H17N7S. The lowest BCUT2D eigenvalue weighted by Crippen LogP contribution is -2.31. The number of piperidine rings is 1. The zero-order valence-electron chi connectivity index (χ0n) is 11.6. The van der Waals surface area contributed by atoms with Crippen molar-refractivity contribution in [3.05, 3.63) is 24.5 Å². The first-order valence-corrected chi connectivity index (χ1v) is 7.72. The Bertz CT molecular complexity index is 586. The van der Waals surface area contributed by atoms with Gasteiger partial charge in [0, 0.05) is 30.4 Å². The average molecular weight is 303 g/mol.